The Morgan fingerprint density at radius 3 is 2.38 bits per heavy atom. The molecule has 0 heterocycles. The fourth-order valence-corrected chi connectivity index (χ4v) is 1.98. The molecule has 0 N–H and O–H groups in total. The highest BCUT2D eigenvalue weighted by atomic mass is 32.8. The molecule has 0 saturated heterocycles. The van der Waals surface area contributed by atoms with Crippen LogP contribution in [0.3, 0.4) is 0 Å². The van der Waals surface area contributed by atoms with Gasteiger partial charge in [0.2, 0.25) is 0 Å². The van der Waals surface area contributed by atoms with Crippen LogP contribution >= 0.6 is 0 Å². The largest absolute Gasteiger partial charge is 0.447 e. The van der Waals surface area contributed by atoms with E-state index in [2.05, 4.69) is 11.2 Å². The fourth-order valence-electron chi connectivity index (χ4n) is 1.27. The molecule has 0 atom stereocenters. The number of hydrogen-bond acceptors (Lipinski definition) is 3. The van der Waals surface area contributed by atoms with Gasteiger partial charge < -0.3 is 4.21 Å². The summed E-state index contributed by atoms with van der Waals surface area (Å²) in [5, 5.41) is 2.23. The molecule has 0 saturated carbocycles. The van der Waals surface area contributed by atoms with Crippen molar-refractivity contribution in [1.82, 2.24) is 0 Å². The van der Waals surface area contributed by atoms with E-state index >= 15 is 0 Å². The standard InChI is InChI=1S/C10H7OS2/c11-13(12)10-6-5-8-3-1-2-4-9(8)7-10/h1-7H/q-1. The Balaban J connectivity index is 2.76. The normalized spacial score (nSPS) is 10.8. The molecular weight excluding hydrogens is 200 g/mol. The van der Waals surface area contributed by atoms with Gasteiger partial charge in [-0.2, -0.15) is 9.36 Å². The van der Waals surface area contributed by atoms with Crippen LogP contribution in [0.15, 0.2) is 47.4 Å². The predicted molar refractivity (Wildman–Crippen MR) is 57.6 cm³/mol. The van der Waals surface area contributed by atoms with E-state index in [9.17, 15) is 4.21 Å². The van der Waals surface area contributed by atoms with Gasteiger partial charge in [-0.3, -0.25) is 0 Å². The Labute approximate surface area is 83.1 Å². The first-order chi connectivity index (χ1) is 6.27. The second-order valence-electron chi connectivity index (χ2n) is 2.74. The second kappa shape index (κ2) is 3.44. The third kappa shape index (κ3) is 1.71. The lowest BCUT2D eigenvalue weighted by atomic mass is 10.1. The monoisotopic (exact) mass is 207 g/mol. The molecule has 0 bridgehead atoms. The smallest absolute Gasteiger partial charge is 0.0185 e. The van der Waals surface area contributed by atoms with E-state index in [0.29, 0.717) is 4.90 Å². The zero-order chi connectivity index (χ0) is 9.26. The molecule has 13 heavy (non-hydrogen) atoms. The van der Waals surface area contributed by atoms with Crippen LogP contribution in [0.2, 0.25) is 0 Å². The SMILES string of the molecule is O=[S-](=S)c1ccc2ccccc2c1. The third-order valence-corrected chi connectivity index (χ3v) is 3.13. The lowest BCUT2D eigenvalue weighted by Gasteiger charge is -2.03. The minimum Gasteiger partial charge on any atom is -0.447 e. The molecule has 0 spiro atoms. The molecule has 2 aromatic carbocycles. The summed E-state index contributed by atoms with van der Waals surface area (Å²) >= 11 is 4.68. The summed E-state index contributed by atoms with van der Waals surface area (Å²) in [5.41, 5.74) is 0. The van der Waals surface area contributed by atoms with Crippen molar-refractivity contribution in [3.63, 3.8) is 0 Å². The van der Waals surface area contributed by atoms with Crippen molar-refractivity contribution in [1.29, 1.82) is 0 Å². The molecule has 0 aliphatic rings. The minimum absolute atomic E-state index is 0.703. The number of benzene rings is 2. The minimum atomic E-state index is -1.30. The van der Waals surface area contributed by atoms with E-state index in [1.165, 1.54) is 0 Å². The molecule has 0 aliphatic carbocycles. The van der Waals surface area contributed by atoms with Crippen LogP contribution in [0.1, 0.15) is 0 Å². The molecule has 3 heteroatoms. The van der Waals surface area contributed by atoms with Crippen molar-refractivity contribution in [3.05, 3.63) is 42.5 Å². The second-order valence-corrected chi connectivity index (χ2v) is 4.59. The molecule has 0 unspecified atom stereocenters. The van der Waals surface area contributed by atoms with Gasteiger partial charge in [-0.1, -0.05) is 42.5 Å². The molecule has 66 valence electrons. The fraction of sp³-hybridized carbons (Fsp3) is 0. The number of fused-ring (bicyclic) bond motifs is 1. The van der Waals surface area contributed by atoms with Gasteiger partial charge in [0.1, 0.15) is 0 Å². The van der Waals surface area contributed by atoms with Crippen molar-refractivity contribution in [3.8, 4) is 0 Å². The lowest BCUT2D eigenvalue weighted by molar-refractivity contribution is 0.604. The molecular formula is C10H7OS2-. The van der Waals surface area contributed by atoms with Crippen molar-refractivity contribution >= 4 is 31.3 Å². The highest BCUT2D eigenvalue weighted by Crippen LogP contribution is 2.16. The predicted octanol–water partition coefficient (Wildman–Crippen LogP) is 2.62. The van der Waals surface area contributed by atoms with Crippen LogP contribution in [0.25, 0.3) is 10.8 Å². The molecule has 0 radical (unpaired) electrons. The summed E-state index contributed by atoms with van der Waals surface area (Å²) in [6.07, 6.45) is 0. The highest BCUT2D eigenvalue weighted by Gasteiger charge is 1.89. The summed E-state index contributed by atoms with van der Waals surface area (Å²) < 4.78 is 11.0. The Morgan fingerprint density at radius 2 is 1.69 bits per heavy atom. The van der Waals surface area contributed by atoms with Crippen molar-refractivity contribution < 1.29 is 4.21 Å². The summed E-state index contributed by atoms with van der Waals surface area (Å²) in [5.74, 6) is 0. The maximum atomic E-state index is 11.0. The van der Waals surface area contributed by atoms with Crippen LogP contribution in [0, 0.1) is 0 Å². The van der Waals surface area contributed by atoms with E-state index < -0.39 is 9.36 Å². The van der Waals surface area contributed by atoms with Gasteiger partial charge in [0, 0.05) is 0 Å². The van der Waals surface area contributed by atoms with E-state index in [0.717, 1.165) is 10.8 Å². The molecule has 0 aliphatic heterocycles. The summed E-state index contributed by atoms with van der Waals surface area (Å²) in [4.78, 5) is 0.703. The zero-order valence-corrected chi connectivity index (χ0v) is 8.40. The quantitative estimate of drug-likeness (QED) is 0.669. The van der Waals surface area contributed by atoms with Crippen LogP contribution in [0.5, 0.6) is 0 Å². The Morgan fingerprint density at radius 1 is 1.00 bits per heavy atom. The number of rotatable bonds is 1. The summed E-state index contributed by atoms with van der Waals surface area (Å²) in [6.45, 7) is 0. The lowest BCUT2D eigenvalue weighted by Crippen LogP contribution is -1.78. The van der Waals surface area contributed by atoms with Gasteiger partial charge in [0.15, 0.2) is 0 Å². The van der Waals surface area contributed by atoms with Crippen molar-refractivity contribution in [2.75, 3.05) is 0 Å². The molecule has 0 amide bonds. The summed E-state index contributed by atoms with van der Waals surface area (Å²) in [6, 6.07) is 13.6. The van der Waals surface area contributed by atoms with Crippen molar-refractivity contribution in [2.45, 2.75) is 4.90 Å². The Kier molecular flexibility index (Phi) is 2.29. The van der Waals surface area contributed by atoms with E-state index in [-0.39, 0.29) is 0 Å². The molecule has 0 fully saturated rings. The highest BCUT2D eigenvalue weighted by molar-refractivity contribution is 8.21. The topological polar surface area (TPSA) is 17.1 Å². The molecule has 0 aromatic heterocycles. The average Bonchev–Trinajstić information content (AvgIpc) is 2.17. The van der Waals surface area contributed by atoms with E-state index in [1.807, 2.05) is 42.5 Å². The van der Waals surface area contributed by atoms with Crippen molar-refractivity contribution in [2.24, 2.45) is 0 Å². The van der Waals surface area contributed by atoms with Gasteiger partial charge >= 0.3 is 0 Å². The first kappa shape index (κ1) is 8.66. The van der Waals surface area contributed by atoms with E-state index in [1.54, 1.807) is 0 Å². The first-order valence-corrected chi connectivity index (χ1v) is 5.93. The maximum Gasteiger partial charge on any atom is -0.0185 e. The third-order valence-electron chi connectivity index (χ3n) is 1.91. The van der Waals surface area contributed by atoms with Crippen LogP contribution in [-0.2, 0) is 24.8 Å². The van der Waals surface area contributed by atoms with E-state index in [4.69, 9.17) is 0 Å². The molecule has 2 aromatic rings. The Hall–Kier alpha value is -0.930. The average molecular weight is 207 g/mol. The van der Waals surface area contributed by atoms with Gasteiger partial charge in [0.25, 0.3) is 0 Å². The maximum absolute atomic E-state index is 11.0. The summed E-state index contributed by atoms with van der Waals surface area (Å²) in [7, 11) is -1.30. The number of hydrogen-bond donors (Lipinski definition) is 0. The van der Waals surface area contributed by atoms with Crippen LogP contribution in [0.4, 0.5) is 0 Å². The van der Waals surface area contributed by atoms with Gasteiger partial charge in [0.05, 0.1) is 0 Å². The van der Waals surface area contributed by atoms with Gasteiger partial charge in [-0.25, -0.2) is 11.2 Å². The first-order valence-electron chi connectivity index (χ1n) is 3.85. The van der Waals surface area contributed by atoms with Gasteiger partial charge in [-0.15, -0.1) is 4.90 Å². The Bertz CT molecular complexity index is 507. The molecule has 1 nitrogen and oxygen atoms in total. The molecule has 2 rings (SSSR count). The zero-order valence-electron chi connectivity index (χ0n) is 6.77. The van der Waals surface area contributed by atoms with Gasteiger partial charge in [-0.05, 0) is 10.8 Å². The van der Waals surface area contributed by atoms with Crippen LogP contribution in [-0.4, -0.2) is 0 Å². The van der Waals surface area contributed by atoms with Crippen LogP contribution < -0.4 is 0 Å².